The summed E-state index contributed by atoms with van der Waals surface area (Å²) in [6.07, 6.45) is 0.922. The first kappa shape index (κ1) is 15.1. The molecule has 0 aliphatic carbocycles. The van der Waals surface area contributed by atoms with Crippen molar-refractivity contribution in [2.75, 3.05) is 0 Å². The van der Waals surface area contributed by atoms with Crippen molar-refractivity contribution < 1.29 is 4.74 Å². The van der Waals surface area contributed by atoms with Crippen LogP contribution in [0.2, 0.25) is 0 Å². The molecule has 0 spiro atoms. The number of fused-ring (bicyclic) bond motifs is 1. The summed E-state index contributed by atoms with van der Waals surface area (Å²) in [7, 11) is 0. The minimum absolute atomic E-state index is 0.121. The average molecular weight is 411 g/mol. The van der Waals surface area contributed by atoms with E-state index in [2.05, 4.69) is 70.0 Å². The maximum Gasteiger partial charge on any atom is 0.123 e. The number of halogens is 2. The predicted molar refractivity (Wildman–Crippen MR) is 92.7 cm³/mol. The van der Waals surface area contributed by atoms with Crippen LogP contribution in [0.15, 0.2) is 45.3 Å². The van der Waals surface area contributed by atoms with Gasteiger partial charge in [0, 0.05) is 15.4 Å². The summed E-state index contributed by atoms with van der Waals surface area (Å²) in [6, 6.07) is 12.2. The maximum absolute atomic E-state index is 6.43. The van der Waals surface area contributed by atoms with Gasteiger partial charge in [-0.1, -0.05) is 44.0 Å². The zero-order valence-electron chi connectivity index (χ0n) is 12.0. The second-order valence-corrected chi connectivity index (χ2v) is 7.92. The highest BCUT2D eigenvalue weighted by molar-refractivity contribution is 9.11. The molecule has 4 heteroatoms. The Kier molecular flexibility index (Phi) is 3.89. The molecule has 1 unspecified atom stereocenters. The molecule has 2 N–H and O–H groups in total. The van der Waals surface area contributed by atoms with Gasteiger partial charge in [0.05, 0.1) is 6.04 Å². The first-order valence-electron chi connectivity index (χ1n) is 6.87. The predicted octanol–water partition coefficient (Wildman–Crippen LogP) is 4.97. The summed E-state index contributed by atoms with van der Waals surface area (Å²) >= 11 is 7.03. The molecule has 0 saturated heterocycles. The Morgan fingerprint density at radius 1 is 1.05 bits per heavy atom. The van der Waals surface area contributed by atoms with Gasteiger partial charge in [0.1, 0.15) is 11.4 Å². The fourth-order valence-electron chi connectivity index (χ4n) is 2.77. The van der Waals surface area contributed by atoms with E-state index in [1.165, 1.54) is 5.56 Å². The third kappa shape index (κ3) is 3.17. The molecule has 0 bridgehead atoms. The van der Waals surface area contributed by atoms with Gasteiger partial charge < -0.3 is 10.5 Å². The summed E-state index contributed by atoms with van der Waals surface area (Å²) in [4.78, 5) is 0. The lowest BCUT2D eigenvalue weighted by Crippen LogP contribution is -2.24. The number of nitrogens with two attached hydrogens (primary N) is 1. The van der Waals surface area contributed by atoms with E-state index in [-0.39, 0.29) is 11.6 Å². The van der Waals surface area contributed by atoms with Crippen LogP contribution < -0.4 is 10.5 Å². The fraction of sp³-hybridized carbons (Fsp3) is 0.294. The van der Waals surface area contributed by atoms with E-state index in [1.807, 2.05) is 12.1 Å². The van der Waals surface area contributed by atoms with E-state index in [9.17, 15) is 0 Å². The molecular weight excluding hydrogens is 394 g/mol. The quantitative estimate of drug-likeness (QED) is 0.758. The summed E-state index contributed by atoms with van der Waals surface area (Å²) < 4.78 is 7.96. The third-order valence-corrected chi connectivity index (χ3v) is 4.61. The zero-order valence-corrected chi connectivity index (χ0v) is 15.2. The van der Waals surface area contributed by atoms with Gasteiger partial charge in [-0.05, 0) is 54.8 Å². The summed E-state index contributed by atoms with van der Waals surface area (Å²) in [5.74, 6) is 0.978. The normalized spacial score (nSPS) is 17.2. The average Bonchev–Trinajstić information content (AvgIpc) is 2.69. The molecule has 0 radical (unpaired) electrons. The van der Waals surface area contributed by atoms with Crippen LogP contribution in [0.25, 0.3) is 0 Å². The Hall–Kier alpha value is -0.840. The monoisotopic (exact) mass is 409 g/mol. The Labute approximate surface area is 141 Å². The van der Waals surface area contributed by atoms with Crippen molar-refractivity contribution in [1.29, 1.82) is 0 Å². The van der Waals surface area contributed by atoms with Crippen LogP contribution >= 0.6 is 31.9 Å². The van der Waals surface area contributed by atoms with E-state index >= 15 is 0 Å². The topological polar surface area (TPSA) is 35.2 Å². The minimum Gasteiger partial charge on any atom is -0.487 e. The minimum atomic E-state index is -0.146. The maximum atomic E-state index is 6.43. The van der Waals surface area contributed by atoms with E-state index in [0.29, 0.717) is 0 Å². The molecular formula is C17H17Br2NO. The van der Waals surface area contributed by atoms with Crippen molar-refractivity contribution in [3.8, 4) is 5.75 Å². The highest BCUT2D eigenvalue weighted by atomic mass is 79.9. The third-order valence-electron chi connectivity index (χ3n) is 3.69. The van der Waals surface area contributed by atoms with Crippen molar-refractivity contribution in [3.63, 3.8) is 0 Å². The van der Waals surface area contributed by atoms with Crippen LogP contribution in [0.3, 0.4) is 0 Å². The van der Waals surface area contributed by atoms with Gasteiger partial charge in [-0.15, -0.1) is 0 Å². The molecule has 1 atom stereocenters. The van der Waals surface area contributed by atoms with Crippen molar-refractivity contribution in [2.45, 2.75) is 31.9 Å². The molecule has 2 nitrogen and oxygen atoms in total. The molecule has 21 heavy (non-hydrogen) atoms. The standard InChI is InChI=1S/C17H17Br2NO/c1-17(2)9-12-5-10(3-4-15(12)21-17)16(20)11-6-13(18)8-14(19)7-11/h3-8,16H,9,20H2,1-2H3. The summed E-state index contributed by atoms with van der Waals surface area (Å²) in [5, 5.41) is 0. The number of rotatable bonds is 2. The Morgan fingerprint density at radius 2 is 1.71 bits per heavy atom. The molecule has 0 fully saturated rings. The summed E-state index contributed by atoms with van der Waals surface area (Å²) in [5.41, 5.74) is 9.74. The molecule has 2 aromatic carbocycles. The molecule has 1 heterocycles. The summed E-state index contributed by atoms with van der Waals surface area (Å²) in [6.45, 7) is 4.22. The molecule has 110 valence electrons. The van der Waals surface area contributed by atoms with Crippen LogP contribution in [-0.4, -0.2) is 5.60 Å². The molecule has 0 amide bonds. The van der Waals surface area contributed by atoms with Crippen LogP contribution in [-0.2, 0) is 6.42 Å². The fourth-order valence-corrected chi connectivity index (χ4v) is 4.10. The second kappa shape index (κ2) is 5.41. The molecule has 3 rings (SSSR count). The molecule has 0 aromatic heterocycles. The van der Waals surface area contributed by atoms with Crippen molar-refractivity contribution in [2.24, 2.45) is 5.73 Å². The van der Waals surface area contributed by atoms with Gasteiger partial charge in [0.2, 0.25) is 0 Å². The van der Waals surface area contributed by atoms with Crippen LogP contribution in [0.5, 0.6) is 5.75 Å². The van der Waals surface area contributed by atoms with Crippen LogP contribution in [0, 0.1) is 0 Å². The van der Waals surface area contributed by atoms with Crippen LogP contribution in [0.1, 0.15) is 36.6 Å². The number of benzene rings is 2. The van der Waals surface area contributed by atoms with E-state index < -0.39 is 0 Å². The van der Waals surface area contributed by atoms with Gasteiger partial charge in [-0.2, -0.15) is 0 Å². The largest absolute Gasteiger partial charge is 0.487 e. The van der Waals surface area contributed by atoms with E-state index in [0.717, 1.165) is 32.2 Å². The van der Waals surface area contributed by atoms with Crippen molar-refractivity contribution >= 4 is 31.9 Å². The smallest absolute Gasteiger partial charge is 0.123 e. The van der Waals surface area contributed by atoms with Gasteiger partial charge in [-0.25, -0.2) is 0 Å². The highest BCUT2D eigenvalue weighted by Crippen LogP contribution is 2.37. The zero-order chi connectivity index (χ0) is 15.2. The lowest BCUT2D eigenvalue weighted by molar-refractivity contribution is 0.138. The molecule has 1 aliphatic heterocycles. The number of ether oxygens (including phenoxy) is 1. The Balaban J connectivity index is 1.95. The lowest BCUT2D eigenvalue weighted by Gasteiger charge is -2.16. The number of hydrogen-bond donors (Lipinski definition) is 1. The first-order chi connectivity index (χ1) is 9.84. The lowest BCUT2D eigenvalue weighted by atomic mass is 9.95. The van der Waals surface area contributed by atoms with Gasteiger partial charge >= 0.3 is 0 Å². The molecule has 0 saturated carbocycles. The first-order valence-corrected chi connectivity index (χ1v) is 8.46. The van der Waals surface area contributed by atoms with Crippen molar-refractivity contribution in [1.82, 2.24) is 0 Å². The van der Waals surface area contributed by atoms with Gasteiger partial charge in [0.15, 0.2) is 0 Å². The Morgan fingerprint density at radius 3 is 2.38 bits per heavy atom. The Bertz CT molecular complexity index is 677. The van der Waals surface area contributed by atoms with E-state index in [1.54, 1.807) is 0 Å². The van der Waals surface area contributed by atoms with Crippen LogP contribution in [0.4, 0.5) is 0 Å². The number of hydrogen-bond acceptors (Lipinski definition) is 2. The molecule has 2 aromatic rings. The molecule has 1 aliphatic rings. The SMILES string of the molecule is CC1(C)Cc2cc(C(N)c3cc(Br)cc(Br)c3)ccc2O1. The van der Waals surface area contributed by atoms with E-state index in [4.69, 9.17) is 10.5 Å². The second-order valence-electron chi connectivity index (χ2n) is 6.09. The van der Waals surface area contributed by atoms with Gasteiger partial charge in [0.25, 0.3) is 0 Å². The van der Waals surface area contributed by atoms with Crippen molar-refractivity contribution in [3.05, 3.63) is 62.0 Å². The van der Waals surface area contributed by atoms with Gasteiger partial charge in [-0.3, -0.25) is 0 Å². The highest BCUT2D eigenvalue weighted by Gasteiger charge is 2.30.